The Kier molecular flexibility index (Phi) is 3.79. The molecule has 120 valence electrons. The smallest absolute Gasteiger partial charge is 0.144 e. The second-order valence-corrected chi connectivity index (χ2v) is 6.40. The van der Waals surface area contributed by atoms with Gasteiger partial charge < -0.3 is 9.84 Å². The summed E-state index contributed by atoms with van der Waals surface area (Å²) in [5.41, 5.74) is 3.16. The van der Waals surface area contributed by atoms with Gasteiger partial charge in [-0.2, -0.15) is 3.89 Å². The van der Waals surface area contributed by atoms with Crippen LogP contribution in [0.25, 0.3) is 0 Å². The Morgan fingerprint density at radius 1 is 0.917 bits per heavy atom. The van der Waals surface area contributed by atoms with Gasteiger partial charge >= 0.3 is 0 Å². The normalized spacial score (nSPS) is 19.2. The number of rotatable bonds is 3. The maximum Gasteiger partial charge on any atom is 0.144 e. The molecule has 1 atom stereocenters. The number of phenols is 1. The lowest BCUT2D eigenvalue weighted by Gasteiger charge is -2.31. The monoisotopic (exact) mass is 338 g/mol. The Morgan fingerprint density at radius 2 is 1.71 bits per heavy atom. The Morgan fingerprint density at radius 3 is 2.50 bits per heavy atom. The average Bonchev–Trinajstić information content (AvgIpc) is 3.03. The maximum absolute atomic E-state index is 13.1. The van der Waals surface area contributed by atoms with Crippen LogP contribution in [0, 0.1) is 0 Å². The Labute approximate surface area is 144 Å². The highest BCUT2D eigenvalue weighted by molar-refractivity contribution is 7.94. The minimum absolute atomic E-state index is 0.202. The summed E-state index contributed by atoms with van der Waals surface area (Å²) in [6.07, 6.45) is 0. The molecule has 4 rings (SSSR count). The molecule has 0 saturated heterocycles. The lowest BCUT2D eigenvalue weighted by molar-refractivity contribution is 0.0266. The Balaban J connectivity index is 1.99. The van der Waals surface area contributed by atoms with E-state index in [1.54, 1.807) is 18.2 Å². The van der Waals surface area contributed by atoms with Crippen molar-refractivity contribution in [1.82, 2.24) is 0 Å². The van der Waals surface area contributed by atoms with E-state index in [1.165, 1.54) is 0 Å². The van der Waals surface area contributed by atoms with Crippen LogP contribution in [-0.2, 0) is 16.9 Å². The number of benzene rings is 3. The molecule has 0 saturated carbocycles. The predicted octanol–water partition coefficient (Wildman–Crippen LogP) is 5.19. The van der Waals surface area contributed by atoms with E-state index < -0.39 is 5.60 Å². The first-order chi connectivity index (χ1) is 11.7. The van der Waals surface area contributed by atoms with Gasteiger partial charge in [0.25, 0.3) is 0 Å². The van der Waals surface area contributed by atoms with Gasteiger partial charge in [0, 0.05) is 4.90 Å². The Bertz CT molecular complexity index is 879. The second-order valence-electron chi connectivity index (χ2n) is 5.78. The molecule has 3 aromatic rings. The third kappa shape index (κ3) is 2.30. The number of fused-ring (bicyclic) bond motifs is 1. The van der Waals surface area contributed by atoms with Crippen LogP contribution in [0.4, 0.5) is 3.89 Å². The van der Waals surface area contributed by atoms with Crippen molar-refractivity contribution in [2.75, 3.05) is 0 Å². The van der Waals surface area contributed by atoms with Crippen LogP contribution in [0.5, 0.6) is 5.75 Å². The summed E-state index contributed by atoms with van der Waals surface area (Å²) in [6.45, 7) is 0.490. The first-order valence-corrected chi connectivity index (χ1v) is 8.37. The largest absolute Gasteiger partial charge is 0.508 e. The SMILES string of the molecule is Oc1ccc(C2(c3cccc(SF)c3)OCc3ccccc32)cc1. The lowest BCUT2D eigenvalue weighted by atomic mass is 9.80. The van der Waals surface area contributed by atoms with Gasteiger partial charge in [-0.1, -0.05) is 48.5 Å². The second kappa shape index (κ2) is 5.96. The number of halogens is 1. The molecule has 1 aliphatic rings. The number of ether oxygens (including phenoxy) is 1. The summed E-state index contributed by atoms with van der Waals surface area (Å²) >= 11 is 0.224. The van der Waals surface area contributed by atoms with Crippen molar-refractivity contribution < 1.29 is 13.7 Å². The minimum atomic E-state index is -0.796. The molecule has 0 amide bonds. The number of hydrogen-bond donors (Lipinski definition) is 1. The van der Waals surface area contributed by atoms with E-state index in [0.29, 0.717) is 11.5 Å². The summed E-state index contributed by atoms with van der Waals surface area (Å²) < 4.78 is 19.4. The molecule has 1 aliphatic heterocycles. The van der Waals surface area contributed by atoms with Gasteiger partial charge in [-0.15, -0.1) is 0 Å². The van der Waals surface area contributed by atoms with Crippen LogP contribution in [0.1, 0.15) is 22.3 Å². The van der Waals surface area contributed by atoms with E-state index in [0.717, 1.165) is 22.3 Å². The van der Waals surface area contributed by atoms with Crippen LogP contribution < -0.4 is 0 Å². The topological polar surface area (TPSA) is 29.5 Å². The van der Waals surface area contributed by atoms with Crippen molar-refractivity contribution >= 4 is 12.1 Å². The fourth-order valence-corrected chi connectivity index (χ4v) is 3.66. The van der Waals surface area contributed by atoms with Crippen molar-refractivity contribution in [1.29, 1.82) is 0 Å². The maximum atomic E-state index is 13.1. The van der Waals surface area contributed by atoms with E-state index in [-0.39, 0.29) is 17.9 Å². The predicted molar refractivity (Wildman–Crippen MR) is 92.6 cm³/mol. The van der Waals surface area contributed by atoms with Crippen molar-refractivity contribution in [2.45, 2.75) is 17.1 Å². The van der Waals surface area contributed by atoms with Crippen LogP contribution in [-0.4, -0.2) is 5.11 Å². The zero-order valence-corrected chi connectivity index (χ0v) is 13.6. The molecule has 1 unspecified atom stereocenters. The van der Waals surface area contributed by atoms with Crippen LogP contribution in [0.2, 0.25) is 0 Å². The molecule has 0 radical (unpaired) electrons. The highest BCUT2D eigenvalue weighted by atomic mass is 32.2. The zero-order valence-electron chi connectivity index (χ0n) is 12.8. The summed E-state index contributed by atoms with van der Waals surface area (Å²) in [5.74, 6) is 0.202. The van der Waals surface area contributed by atoms with Crippen LogP contribution in [0.15, 0.2) is 77.7 Å². The molecule has 24 heavy (non-hydrogen) atoms. The third-order valence-electron chi connectivity index (χ3n) is 4.44. The highest BCUT2D eigenvalue weighted by Gasteiger charge is 2.43. The summed E-state index contributed by atoms with van der Waals surface area (Å²) in [7, 11) is 0. The molecule has 0 fully saturated rings. The van der Waals surface area contributed by atoms with Gasteiger partial charge in [-0.05, 0) is 46.5 Å². The van der Waals surface area contributed by atoms with E-state index in [2.05, 4.69) is 0 Å². The zero-order chi connectivity index (χ0) is 16.6. The highest BCUT2D eigenvalue weighted by Crippen LogP contribution is 2.47. The molecular weight excluding hydrogens is 323 g/mol. The fraction of sp³-hybridized carbons (Fsp3) is 0.100. The van der Waals surface area contributed by atoms with Crippen molar-refractivity contribution in [2.24, 2.45) is 0 Å². The summed E-state index contributed by atoms with van der Waals surface area (Å²) in [6, 6.07) is 22.4. The fourth-order valence-electron chi connectivity index (χ4n) is 3.36. The molecule has 1 N–H and O–H groups in total. The van der Waals surface area contributed by atoms with Gasteiger partial charge in [-0.25, -0.2) is 0 Å². The molecule has 4 heteroatoms. The molecule has 2 nitrogen and oxygen atoms in total. The molecular formula is C20H15FO2S. The minimum Gasteiger partial charge on any atom is -0.508 e. The van der Waals surface area contributed by atoms with Gasteiger partial charge in [0.05, 0.1) is 18.8 Å². The van der Waals surface area contributed by atoms with Crippen LogP contribution >= 0.6 is 12.1 Å². The Hall–Kier alpha value is -2.30. The molecule has 0 aromatic heterocycles. The number of phenolic OH excluding ortho intramolecular Hbond substituents is 1. The first kappa shape index (κ1) is 15.2. The average molecular weight is 338 g/mol. The molecule has 0 aliphatic carbocycles. The van der Waals surface area contributed by atoms with E-state index >= 15 is 0 Å². The van der Waals surface area contributed by atoms with Gasteiger partial charge in [0.2, 0.25) is 0 Å². The number of aromatic hydroxyl groups is 1. The summed E-state index contributed by atoms with van der Waals surface area (Å²) in [5, 5.41) is 9.64. The molecule has 3 aromatic carbocycles. The van der Waals surface area contributed by atoms with Crippen molar-refractivity contribution in [3.05, 3.63) is 95.1 Å². The quantitative estimate of drug-likeness (QED) is 0.712. The van der Waals surface area contributed by atoms with Crippen molar-refractivity contribution in [3.63, 3.8) is 0 Å². The van der Waals surface area contributed by atoms with E-state index in [4.69, 9.17) is 4.74 Å². The first-order valence-electron chi connectivity index (χ1n) is 7.65. The summed E-state index contributed by atoms with van der Waals surface area (Å²) in [4.78, 5) is 0.540. The standard InChI is InChI=1S/C20H15FO2S/c21-24-18-6-3-5-16(12-18)20(15-8-10-17(22)11-9-15)19-7-2-1-4-14(19)13-23-20/h1-12,22H,13H2. The lowest BCUT2D eigenvalue weighted by Crippen LogP contribution is -2.28. The van der Waals surface area contributed by atoms with Crippen molar-refractivity contribution in [3.8, 4) is 5.75 Å². The third-order valence-corrected chi connectivity index (χ3v) is 4.88. The van der Waals surface area contributed by atoms with Crippen LogP contribution in [0.3, 0.4) is 0 Å². The van der Waals surface area contributed by atoms with Gasteiger partial charge in [-0.3, -0.25) is 0 Å². The van der Waals surface area contributed by atoms with Gasteiger partial charge in [0.15, 0.2) is 0 Å². The van der Waals surface area contributed by atoms with E-state index in [9.17, 15) is 8.99 Å². The molecule has 0 spiro atoms. The van der Waals surface area contributed by atoms with Gasteiger partial charge in [0.1, 0.15) is 11.4 Å². The molecule has 0 bridgehead atoms. The number of hydrogen-bond acceptors (Lipinski definition) is 3. The van der Waals surface area contributed by atoms with E-state index in [1.807, 2.05) is 54.6 Å². The molecule has 1 heterocycles.